The molecule has 4 N–H and O–H groups in total. The van der Waals surface area contributed by atoms with Gasteiger partial charge in [0.2, 0.25) is 0 Å². The third-order valence-corrected chi connectivity index (χ3v) is 11.5. The Morgan fingerprint density at radius 3 is 2.45 bits per heavy atom. The van der Waals surface area contributed by atoms with E-state index in [1.807, 2.05) is 6.92 Å². The van der Waals surface area contributed by atoms with Gasteiger partial charge < -0.3 is 29.9 Å². The molecule has 6 nitrogen and oxygen atoms in total. The predicted octanol–water partition coefficient (Wildman–Crippen LogP) is 2.91. The van der Waals surface area contributed by atoms with Crippen molar-refractivity contribution in [1.29, 1.82) is 0 Å². The molecule has 0 aromatic rings. The monoisotopic (exact) mass is 462 g/mol. The van der Waals surface area contributed by atoms with E-state index in [1.54, 1.807) is 13.8 Å². The highest BCUT2D eigenvalue weighted by Gasteiger charge is 2.75. The van der Waals surface area contributed by atoms with Crippen LogP contribution >= 0.6 is 0 Å². The van der Waals surface area contributed by atoms with E-state index >= 15 is 0 Å². The van der Waals surface area contributed by atoms with Crippen molar-refractivity contribution in [2.24, 2.45) is 34.5 Å². The summed E-state index contributed by atoms with van der Waals surface area (Å²) in [7, 11) is 0. The first-order valence-electron chi connectivity index (χ1n) is 13.1. The van der Waals surface area contributed by atoms with Gasteiger partial charge in [0.05, 0.1) is 24.4 Å². The maximum absolute atomic E-state index is 11.4. The smallest absolute Gasteiger partial charge is 0.200 e. The van der Waals surface area contributed by atoms with Crippen molar-refractivity contribution in [3.63, 3.8) is 0 Å². The molecule has 6 heteroatoms. The summed E-state index contributed by atoms with van der Waals surface area (Å²) in [5.41, 5.74) is -0.845. The highest BCUT2D eigenvalue weighted by molar-refractivity contribution is 5.29. The molecule has 6 rings (SSSR count). The zero-order valence-corrected chi connectivity index (χ0v) is 20.8. The highest BCUT2D eigenvalue weighted by Crippen LogP contribution is 2.71. The number of ether oxygens (including phenoxy) is 2. The minimum absolute atomic E-state index is 0.0162. The molecule has 2 aliphatic heterocycles. The molecule has 0 amide bonds. The minimum atomic E-state index is -1.23. The van der Waals surface area contributed by atoms with Crippen LogP contribution in [0.4, 0.5) is 0 Å². The number of aliphatic hydroxyl groups excluding tert-OH is 3. The zero-order valence-electron chi connectivity index (χ0n) is 20.8. The van der Waals surface area contributed by atoms with Crippen molar-refractivity contribution < 1.29 is 29.9 Å². The first-order chi connectivity index (χ1) is 15.3. The molecule has 6 aliphatic rings. The Labute approximate surface area is 197 Å². The van der Waals surface area contributed by atoms with E-state index < -0.39 is 29.2 Å². The van der Waals surface area contributed by atoms with Crippen LogP contribution in [0.3, 0.4) is 0 Å². The lowest BCUT2D eigenvalue weighted by atomic mass is 9.46. The maximum atomic E-state index is 11.4. The van der Waals surface area contributed by atoms with Crippen LogP contribution in [0, 0.1) is 34.5 Å². The lowest BCUT2D eigenvalue weighted by molar-refractivity contribution is -0.384. The van der Waals surface area contributed by atoms with Crippen LogP contribution in [-0.2, 0) is 9.47 Å². The van der Waals surface area contributed by atoms with Gasteiger partial charge in [-0.2, -0.15) is 0 Å². The molecule has 0 spiro atoms. The molecule has 2 heterocycles. The van der Waals surface area contributed by atoms with Gasteiger partial charge in [0.25, 0.3) is 0 Å². The van der Waals surface area contributed by atoms with E-state index in [4.69, 9.17) is 9.47 Å². The molecule has 4 aliphatic carbocycles. The number of fused-ring (bicyclic) bond motifs is 10. The van der Waals surface area contributed by atoms with Gasteiger partial charge in [-0.25, -0.2) is 0 Å². The molecule has 3 saturated carbocycles. The summed E-state index contributed by atoms with van der Waals surface area (Å²) in [4.78, 5) is 0. The Hall–Kier alpha value is -0.500. The van der Waals surface area contributed by atoms with E-state index in [2.05, 4.69) is 19.9 Å². The summed E-state index contributed by atoms with van der Waals surface area (Å²) in [6, 6.07) is 0. The maximum Gasteiger partial charge on any atom is 0.200 e. The van der Waals surface area contributed by atoms with Crippen LogP contribution in [0.25, 0.3) is 0 Å². The third kappa shape index (κ3) is 2.71. The normalized spacial score (nSPS) is 59.8. The van der Waals surface area contributed by atoms with Gasteiger partial charge in [0.1, 0.15) is 11.2 Å². The Kier molecular flexibility index (Phi) is 4.60. The summed E-state index contributed by atoms with van der Waals surface area (Å²) < 4.78 is 13.2. The Morgan fingerprint density at radius 2 is 1.76 bits per heavy atom. The SMILES string of the molecule is CC(C)(O)[C@]12C[C@@H](O)[C@](C)(O1)[C@H]1[C@H](C[C@H]3[C@@H]4[C@H](O)C=C5C[C@@H](O)CC[C@]5(C)[C@H]4CC[C@@]31C)O2. The van der Waals surface area contributed by atoms with Crippen molar-refractivity contribution in [3.8, 4) is 0 Å². The quantitative estimate of drug-likeness (QED) is 0.447. The fourth-order valence-corrected chi connectivity index (χ4v) is 9.79. The molecule has 12 atom stereocenters. The molecule has 0 unspecified atom stereocenters. The summed E-state index contributed by atoms with van der Waals surface area (Å²) in [5, 5.41) is 44.0. The van der Waals surface area contributed by atoms with Crippen LogP contribution in [0.15, 0.2) is 11.6 Å². The topological polar surface area (TPSA) is 99.4 Å². The standard InChI is InChI=1S/C27H42O6/c1-23(2,31)27-13-20(30)26(5,33-27)22-19(32-27)12-17-21-16(7-9-25(17,22)4)24(3)8-6-15(28)10-14(24)11-18(21)29/h11,15-22,28-31H,6-10,12-13H2,1-5H3/t15-,16-,17-,18+,19-,20+,21+,22-,24-,25-,26-,27-/m0/s1. The molecule has 0 aromatic carbocycles. The Morgan fingerprint density at radius 1 is 1.03 bits per heavy atom. The third-order valence-electron chi connectivity index (χ3n) is 11.5. The predicted molar refractivity (Wildman–Crippen MR) is 122 cm³/mol. The molecule has 0 radical (unpaired) electrons. The summed E-state index contributed by atoms with van der Waals surface area (Å²) >= 11 is 0. The summed E-state index contributed by atoms with van der Waals surface area (Å²) in [6.07, 6.45) is 6.07. The fraction of sp³-hybridized carbons (Fsp3) is 0.926. The van der Waals surface area contributed by atoms with Crippen molar-refractivity contribution in [2.45, 2.75) is 121 Å². The average Bonchev–Trinajstić information content (AvgIpc) is 3.12. The first-order valence-corrected chi connectivity index (χ1v) is 13.1. The van der Waals surface area contributed by atoms with Crippen LogP contribution in [0.1, 0.15) is 79.6 Å². The zero-order chi connectivity index (χ0) is 23.8. The summed E-state index contributed by atoms with van der Waals surface area (Å²) in [6.45, 7) is 10.1. The number of hydrogen-bond donors (Lipinski definition) is 4. The lowest BCUT2D eigenvalue weighted by Gasteiger charge is -2.60. The van der Waals surface area contributed by atoms with Crippen LogP contribution in [0.5, 0.6) is 0 Å². The highest BCUT2D eigenvalue weighted by atomic mass is 16.7. The molecule has 186 valence electrons. The van der Waals surface area contributed by atoms with E-state index in [0.29, 0.717) is 12.3 Å². The second kappa shape index (κ2) is 6.63. The molecular formula is C27H42O6. The number of hydrogen-bond acceptors (Lipinski definition) is 6. The number of rotatable bonds is 1. The van der Waals surface area contributed by atoms with Crippen molar-refractivity contribution in [1.82, 2.24) is 0 Å². The molecule has 2 saturated heterocycles. The Bertz CT molecular complexity index is 880. The van der Waals surface area contributed by atoms with E-state index in [1.165, 1.54) is 5.57 Å². The van der Waals surface area contributed by atoms with Crippen molar-refractivity contribution in [3.05, 3.63) is 11.6 Å². The molecular weight excluding hydrogens is 420 g/mol. The minimum Gasteiger partial charge on any atom is -0.393 e. The largest absolute Gasteiger partial charge is 0.393 e. The van der Waals surface area contributed by atoms with Crippen molar-refractivity contribution in [2.75, 3.05) is 0 Å². The lowest BCUT2D eigenvalue weighted by Crippen LogP contribution is -2.64. The summed E-state index contributed by atoms with van der Waals surface area (Å²) in [5.74, 6) is -0.400. The molecule has 33 heavy (non-hydrogen) atoms. The van der Waals surface area contributed by atoms with Crippen molar-refractivity contribution >= 4 is 0 Å². The van der Waals surface area contributed by atoms with Gasteiger partial charge in [-0.3, -0.25) is 0 Å². The second-order valence-electron chi connectivity index (χ2n) is 13.5. The van der Waals surface area contributed by atoms with Crippen LogP contribution in [0.2, 0.25) is 0 Å². The van der Waals surface area contributed by atoms with Gasteiger partial charge in [-0.05, 0) is 87.9 Å². The molecule has 0 aromatic heterocycles. The Balaban J connectivity index is 1.40. The van der Waals surface area contributed by atoms with E-state index in [-0.39, 0.29) is 47.2 Å². The number of aliphatic hydroxyl groups is 4. The first kappa shape index (κ1) is 22.9. The van der Waals surface area contributed by atoms with E-state index in [0.717, 1.165) is 32.1 Å². The van der Waals surface area contributed by atoms with Gasteiger partial charge in [0.15, 0.2) is 5.79 Å². The van der Waals surface area contributed by atoms with Gasteiger partial charge in [-0.15, -0.1) is 0 Å². The van der Waals surface area contributed by atoms with Gasteiger partial charge >= 0.3 is 0 Å². The van der Waals surface area contributed by atoms with Gasteiger partial charge in [-0.1, -0.05) is 25.5 Å². The molecule has 5 fully saturated rings. The molecule has 2 bridgehead atoms. The van der Waals surface area contributed by atoms with Crippen LogP contribution < -0.4 is 0 Å². The fourth-order valence-electron chi connectivity index (χ4n) is 9.79. The van der Waals surface area contributed by atoms with E-state index in [9.17, 15) is 20.4 Å². The second-order valence-corrected chi connectivity index (χ2v) is 13.5. The van der Waals surface area contributed by atoms with Crippen LogP contribution in [-0.4, -0.2) is 61.8 Å². The average molecular weight is 463 g/mol. The van der Waals surface area contributed by atoms with Gasteiger partial charge in [0, 0.05) is 12.3 Å².